The van der Waals surface area contributed by atoms with Crippen molar-refractivity contribution in [2.24, 2.45) is 0 Å². The number of carbonyl (C=O) groups excluding carboxylic acids is 1. The van der Waals surface area contributed by atoms with Gasteiger partial charge in [-0.3, -0.25) is 4.90 Å². The number of ether oxygens (including phenoxy) is 1. The number of carbonyl (C=O) groups is 1. The van der Waals surface area contributed by atoms with Crippen molar-refractivity contribution in [1.29, 1.82) is 0 Å². The number of H-pyrrole nitrogens is 1. The Labute approximate surface area is 225 Å². The molecule has 200 valence electrons. The summed E-state index contributed by atoms with van der Waals surface area (Å²) in [5.74, 6) is 0. The first-order valence-corrected chi connectivity index (χ1v) is 14.0. The Morgan fingerprint density at radius 2 is 1.71 bits per heavy atom. The van der Waals surface area contributed by atoms with Crippen molar-refractivity contribution in [1.82, 2.24) is 14.8 Å². The Balaban J connectivity index is 1.31. The predicted octanol–water partition coefficient (Wildman–Crippen LogP) is 5.77. The quantitative estimate of drug-likeness (QED) is 0.455. The van der Waals surface area contributed by atoms with Gasteiger partial charge in [0.1, 0.15) is 6.10 Å². The van der Waals surface area contributed by atoms with Gasteiger partial charge in [0.25, 0.3) is 0 Å². The molecule has 2 amide bonds. The van der Waals surface area contributed by atoms with Crippen LogP contribution in [0.4, 0.5) is 16.2 Å². The minimum atomic E-state index is -0.138. The third-order valence-corrected chi connectivity index (χ3v) is 8.46. The van der Waals surface area contributed by atoms with Crippen molar-refractivity contribution in [3.05, 3.63) is 70.9 Å². The van der Waals surface area contributed by atoms with E-state index in [0.29, 0.717) is 0 Å². The lowest BCUT2D eigenvalue weighted by molar-refractivity contribution is -0.0246. The summed E-state index contributed by atoms with van der Waals surface area (Å²) in [5.41, 5.74) is 9.12. The number of benzene rings is 2. The van der Waals surface area contributed by atoms with Crippen LogP contribution in [0.1, 0.15) is 55.2 Å². The second kappa shape index (κ2) is 10.1. The zero-order valence-electron chi connectivity index (χ0n) is 23.0. The molecule has 2 N–H and O–H groups in total. The van der Waals surface area contributed by atoms with Crippen molar-refractivity contribution in [3.63, 3.8) is 0 Å². The Hall–Kier alpha value is -3.29. The Morgan fingerprint density at radius 1 is 0.974 bits per heavy atom. The number of anilines is 2. The molecule has 3 aliphatic heterocycles. The number of nitrogens with one attached hydrogen (secondary N) is 2. The topological polar surface area (TPSA) is 63.8 Å². The first-order chi connectivity index (χ1) is 18.4. The van der Waals surface area contributed by atoms with Crippen LogP contribution in [0.5, 0.6) is 0 Å². The second-order valence-corrected chi connectivity index (χ2v) is 11.3. The maximum absolute atomic E-state index is 12.9. The fourth-order valence-electron chi connectivity index (χ4n) is 6.16. The molecule has 0 radical (unpaired) electrons. The zero-order chi connectivity index (χ0) is 26.4. The standard InChI is InChI=1S/C31H39N5O2/c1-20(2)35-17-18-36(31(35)37)24-11-9-22(10-12-24)27-21(3)28-29(33-27)30(38-25-13-15-34(4)16-14-25)26-8-6-5-7-23(26)19-32-28/h5-12,20,25,30,32-33H,13-19H2,1-4H3. The Kier molecular flexibility index (Phi) is 6.66. The summed E-state index contributed by atoms with van der Waals surface area (Å²) >= 11 is 0. The summed E-state index contributed by atoms with van der Waals surface area (Å²) in [4.78, 5) is 22.8. The molecule has 1 atom stereocenters. The van der Waals surface area contributed by atoms with Crippen LogP contribution in [0, 0.1) is 6.92 Å². The van der Waals surface area contributed by atoms with Crippen LogP contribution >= 0.6 is 0 Å². The fraction of sp³-hybridized carbons (Fsp3) is 0.452. The van der Waals surface area contributed by atoms with Crippen molar-refractivity contribution in [2.45, 2.75) is 58.4 Å². The Morgan fingerprint density at radius 3 is 2.42 bits per heavy atom. The van der Waals surface area contributed by atoms with E-state index < -0.39 is 0 Å². The SMILES string of the molecule is Cc1c(-c2ccc(N3CCN(C(C)C)C3=O)cc2)[nH]c2c1NCc1ccccc1C2OC1CCN(C)CC1. The normalized spacial score (nSPS) is 20.4. The molecule has 6 rings (SSSR count). The lowest BCUT2D eigenvalue weighted by Gasteiger charge is -2.32. The number of aromatic nitrogens is 1. The predicted molar refractivity (Wildman–Crippen MR) is 153 cm³/mol. The second-order valence-electron chi connectivity index (χ2n) is 11.3. The number of fused-ring (bicyclic) bond motifs is 2. The van der Waals surface area contributed by atoms with Crippen LogP contribution in [0.3, 0.4) is 0 Å². The van der Waals surface area contributed by atoms with Crippen LogP contribution < -0.4 is 10.2 Å². The van der Waals surface area contributed by atoms with E-state index in [9.17, 15) is 4.79 Å². The highest BCUT2D eigenvalue weighted by Crippen LogP contribution is 2.43. The molecular formula is C31H39N5O2. The number of nitrogens with zero attached hydrogens (tertiary/aromatic N) is 3. The lowest BCUT2D eigenvalue weighted by atomic mass is 9.99. The van der Waals surface area contributed by atoms with Crippen molar-refractivity contribution >= 4 is 17.4 Å². The van der Waals surface area contributed by atoms with Crippen molar-refractivity contribution < 1.29 is 9.53 Å². The van der Waals surface area contributed by atoms with Gasteiger partial charge in [0.15, 0.2) is 0 Å². The molecule has 3 aromatic rings. The third-order valence-electron chi connectivity index (χ3n) is 8.46. The summed E-state index contributed by atoms with van der Waals surface area (Å²) in [5, 5.41) is 3.71. The molecule has 0 aliphatic carbocycles. The number of piperidine rings is 1. The largest absolute Gasteiger partial charge is 0.379 e. The first-order valence-electron chi connectivity index (χ1n) is 14.0. The molecule has 0 spiro atoms. The van der Waals surface area contributed by atoms with Gasteiger partial charge in [0, 0.05) is 44.5 Å². The van der Waals surface area contributed by atoms with Gasteiger partial charge in [-0.15, -0.1) is 0 Å². The maximum Gasteiger partial charge on any atom is 0.324 e. The smallest absolute Gasteiger partial charge is 0.324 e. The van der Waals surface area contributed by atoms with Gasteiger partial charge in [0.2, 0.25) is 0 Å². The molecule has 38 heavy (non-hydrogen) atoms. The van der Waals surface area contributed by atoms with Gasteiger partial charge in [-0.05, 0) is 75.0 Å². The van der Waals surface area contributed by atoms with Crippen molar-refractivity contribution in [3.8, 4) is 11.3 Å². The molecule has 2 fully saturated rings. The highest BCUT2D eigenvalue weighted by atomic mass is 16.5. The molecule has 2 aromatic carbocycles. The molecule has 4 heterocycles. The van der Waals surface area contributed by atoms with E-state index in [1.54, 1.807) is 0 Å². The number of urea groups is 1. The van der Waals surface area contributed by atoms with Crippen LogP contribution in [-0.4, -0.2) is 66.2 Å². The van der Waals surface area contributed by atoms with Crippen LogP contribution in [0.2, 0.25) is 0 Å². The monoisotopic (exact) mass is 513 g/mol. The van der Waals surface area contributed by atoms with Crippen molar-refractivity contribution in [2.75, 3.05) is 43.4 Å². The molecule has 1 unspecified atom stereocenters. The van der Waals surface area contributed by atoms with Gasteiger partial charge in [-0.1, -0.05) is 36.4 Å². The van der Waals surface area contributed by atoms with Gasteiger partial charge >= 0.3 is 6.03 Å². The number of hydrogen-bond donors (Lipinski definition) is 2. The molecule has 0 bridgehead atoms. The summed E-state index contributed by atoms with van der Waals surface area (Å²) < 4.78 is 6.90. The highest BCUT2D eigenvalue weighted by molar-refractivity contribution is 5.94. The highest BCUT2D eigenvalue weighted by Gasteiger charge is 2.33. The van der Waals surface area contributed by atoms with E-state index >= 15 is 0 Å². The molecule has 0 saturated carbocycles. The summed E-state index contributed by atoms with van der Waals surface area (Å²) in [6.07, 6.45) is 2.20. The number of aromatic amines is 1. The lowest BCUT2D eigenvalue weighted by Crippen LogP contribution is -2.36. The average Bonchev–Trinajstić information content (AvgIpc) is 3.42. The minimum absolute atomic E-state index is 0.0901. The number of rotatable bonds is 5. The Bertz CT molecular complexity index is 1310. The summed E-state index contributed by atoms with van der Waals surface area (Å²) in [6, 6.07) is 17.3. The molecular weight excluding hydrogens is 474 g/mol. The number of likely N-dealkylation sites (tertiary alicyclic amines) is 1. The molecule has 1 aromatic heterocycles. The van der Waals surface area contributed by atoms with Gasteiger partial charge in [-0.25, -0.2) is 4.79 Å². The van der Waals surface area contributed by atoms with Crippen LogP contribution in [0.15, 0.2) is 48.5 Å². The zero-order valence-corrected chi connectivity index (χ0v) is 23.0. The van der Waals surface area contributed by atoms with E-state index in [1.165, 1.54) is 16.7 Å². The van der Waals surface area contributed by atoms with E-state index in [4.69, 9.17) is 4.74 Å². The van der Waals surface area contributed by atoms with Gasteiger partial charge in [-0.2, -0.15) is 0 Å². The third kappa shape index (κ3) is 4.48. The van der Waals surface area contributed by atoms with Crippen LogP contribution in [-0.2, 0) is 11.3 Å². The van der Waals surface area contributed by atoms with E-state index in [2.05, 4.69) is 91.6 Å². The molecule has 2 saturated heterocycles. The van der Waals surface area contributed by atoms with E-state index in [-0.39, 0.29) is 24.3 Å². The summed E-state index contributed by atoms with van der Waals surface area (Å²) in [7, 11) is 2.19. The first kappa shape index (κ1) is 25.0. The molecule has 3 aliphatic rings. The molecule has 7 heteroatoms. The minimum Gasteiger partial charge on any atom is -0.379 e. The summed E-state index contributed by atoms with van der Waals surface area (Å²) in [6.45, 7) is 10.7. The van der Waals surface area contributed by atoms with E-state index in [0.717, 1.165) is 73.9 Å². The van der Waals surface area contributed by atoms with E-state index in [1.807, 2.05) is 9.80 Å². The fourth-order valence-corrected chi connectivity index (χ4v) is 6.16. The van der Waals surface area contributed by atoms with Crippen LogP contribution in [0.25, 0.3) is 11.3 Å². The van der Waals surface area contributed by atoms with Gasteiger partial charge in [0.05, 0.1) is 23.2 Å². The average molecular weight is 514 g/mol. The number of hydrogen-bond acceptors (Lipinski definition) is 4. The molecule has 7 nitrogen and oxygen atoms in total. The van der Waals surface area contributed by atoms with Gasteiger partial charge < -0.3 is 24.8 Å². The maximum atomic E-state index is 12.9. The number of amides is 2.